The lowest BCUT2D eigenvalue weighted by atomic mass is 10.1. The highest BCUT2D eigenvalue weighted by molar-refractivity contribution is 6.03. The number of benzene rings is 2. The maximum absolute atomic E-state index is 12.6. The van der Waals surface area contributed by atoms with Crippen molar-refractivity contribution in [2.24, 2.45) is 5.92 Å². The highest BCUT2D eigenvalue weighted by Gasteiger charge is 2.35. The Balaban J connectivity index is 1.39. The molecular formula is C21H21N3O3. The number of hydrogen-bond acceptors (Lipinski definition) is 3. The monoisotopic (exact) mass is 363 g/mol. The van der Waals surface area contributed by atoms with Crippen molar-refractivity contribution >= 4 is 34.8 Å². The summed E-state index contributed by atoms with van der Waals surface area (Å²) in [5.74, 6) is -0.439. The van der Waals surface area contributed by atoms with Crippen molar-refractivity contribution < 1.29 is 14.4 Å². The van der Waals surface area contributed by atoms with E-state index in [-0.39, 0.29) is 30.1 Å². The molecule has 2 heterocycles. The van der Waals surface area contributed by atoms with Crippen LogP contribution in [0.1, 0.15) is 19.3 Å². The van der Waals surface area contributed by atoms with Crippen LogP contribution in [0.3, 0.4) is 0 Å². The fraction of sp³-hybridized carbons (Fsp3) is 0.286. The molecule has 138 valence electrons. The maximum atomic E-state index is 12.6. The molecule has 0 spiro atoms. The van der Waals surface area contributed by atoms with Gasteiger partial charge in [-0.05, 0) is 42.8 Å². The Bertz CT molecular complexity index is 864. The molecule has 2 aliphatic rings. The molecule has 2 aromatic carbocycles. The van der Waals surface area contributed by atoms with Gasteiger partial charge in [-0.25, -0.2) is 0 Å². The first-order chi connectivity index (χ1) is 13.1. The van der Waals surface area contributed by atoms with E-state index in [0.29, 0.717) is 18.7 Å². The predicted molar refractivity (Wildman–Crippen MR) is 104 cm³/mol. The van der Waals surface area contributed by atoms with E-state index in [1.807, 2.05) is 42.5 Å². The van der Waals surface area contributed by atoms with E-state index in [1.165, 1.54) is 0 Å². The van der Waals surface area contributed by atoms with Crippen LogP contribution in [0, 0.1) is 5.92 Å². The van der Waals surface area contributed by atoms with E-state index in [1.54, 1.807) is 21.9 Å². The Labute approximate surface area is 157 Å². The van der Waals surface area contributed by atoms with Gasteiger partial charge >= 0.3 is 0 Å². The second kappa shape index (κ2) is 7.23. The quantitative estimate of drug-likeness (QED) is 0.908. The van der Waals surface area contributed by atoms with E-state index < -0.39 is 0 Å². The molecule has 2 saturated heterocycles. The fourth-order valence-electron chi connectivity index (χ4n) is 3.63. The van der Waals surface area contributed by atoms with E-state index in [4.69, 9.17) is 0 Å². The number of carbonyl (C=O) groups is 3. The standard InChI is InChI=1S/C21H21N3O3/c25-19-7-4-12-23(19)18-10-8-16(9-11-18)22-21(27)15-13-20(26)24(14-15)17-5-2-1-3-6-17/h1-3,5-6,8-11,15H,4,7,12-14H2,(H,22,27). The summed E-state index contributed by atoms with van der Waals surface area (Å²) in [5, 5.41) is 2.88. The highest BCUT2D eigenvalue weighted by atomic mass is 16.2. The van der Waals surface area contributed by atoms with Gasteiger partial charge in [0.2, 0.25) is 17.7 Å². The van der Waals surface area contributed by atoms with E-state index in [2.05, 4.69) is 5.32 Å². The van der Waals surface area contributed by atoms with Crippen molar-refractivity contribution in [3.63, 3.8) is 0 Å². The summed E-state index contributed by atoms with van der Waals surface area (Å²) in [7, 11) is 0. The predicted octanol–water partition coefficient (Wildman–Crippen LogP) is 2.81. The average molecular weight is 363 g/mol. The number of nitrogens with one attached hydrogen (secondary N) is 1. The van der Waals surface area contributed by atoms with Gasteiger partial charge in [0.15, 0.2) is 0 Å². The third kappa shape index (κ3) is 3.56. The lowest BCUT2D eigenvalue weighted by molar-refractivity contribution is -0.122. The third-order valence-electron chi connectivity index (χ3n) is 5.08. The summed E-state index contributed by atoms with van der Waals surface area (Å²) < 4.78 is 0. The Morgan fingerprint density at radius 3 is 2.26 bits per heavy atom. The van der Waals surface area contributed by atoms with Gasteiger partial charge in [-0.3, -0.25) is 14.4 Å². The summed E-state index contributed by atoms with van der Waals surface area (Å²) in [6, 6.07) is 16.7. The van der Waals surface area contributed by atoms with Crippen molar-refractivity contribution in [2.45, 2.75) is 19.3 Å². The van der Waals surface area contributed by atoms with E-state index in [9.17, 15) is 14.4 Å². The smallest absolute Gasteiger partial charge is 0.229 e. The highest BCUT2D eigenvalue weighted by Crippen LogP contribution is 2.27. The number of anilines is 3. The molecule has 0 bridgehead atoms. The number of carbonyl (C=O) groups excluding carboxylic acids is 3. The number of nitrogens with zero attached hydrogens (tertiary/aromatic N) is 2. The van der Waals surface area contributed by atoms with Crippen LogP contribution in [0.4, 0.5) is 17.1 Å². The molecule has 2 fully saturated rings. The van der Waals surface area contributed by atoms with Crippen molar-refractivity contribution in [1.82, 2.24) is 0 Å². The molecule has 2 aliphatic heterocycles. The molecule has 4 rings (SSSR count). The molecule has 1 atom stereocenters. The minimum Gasteiger partial charge on any atom is -0.326 e. The number of rotatable bonds is 4. The number of para-hydroxylation sites is 1. The Hall–Kier alpha value is -3.15. The lowest BCUT2D eigenvalue weighted by Crippen LogP contribution is -2.28. The fourth-order valence-corrected chi connectivity index (χ4v) is 3.63. The average Bonchev–Trinajstić information content (AvgIpc) is 3.29. The van der Waals surface area contributed by atoms with Crippen molar-refractivity contribution in [3.05, 3.63) is 54.6 Å². The minimum absolute atomic E-state index is 0.0377. The minimum atomic E-state index is -0.377. The van der Waals surface area contributed by atoms with Crippen LogP contribution in [0.2, 0.25) is 0 Å². The second-order valence-electron chi connectivity index (χ2n) is 6.93. The van der Waals surface area contributed by atoms with Gasteiger partial charge in [-0.2, -0.15) is 0 Å². The topological polar surface area (TPSA) is 69.7 Å². The van der Waals surface area contributed by atoms with Crippen molar-refractivity contribution in [3.8, 4) is 0 Å². The van der Waals surface area contributed by atoms with Gasteiger partial charge in [0, 0.05) is 43.0 Å². The van der Waals surface area contributed by atoms with Crippen LogP contribution in [0.25, 0.3) is 0 Å². The maximum Gasteiger partial charge on any atom is 0.229 e. The van der Waals surface area contributed by atoms with Crippen LogP contribution in [0.5, 0.6) is 0 Å². The first-order valence-corrected chi connectivity index (χ1v) is 9.18. The summed E-state index contributed by atoms with van der Waals surface area (Å²) in [5.41, 5.74) is 2.33. The number of amides is 3. The molecule has 0 aromatic heterocycles. The van der Waals surface area contributed by atoms with Crippen LogP contribution in [-0.2, 0) is 14.4 Å². The molecule has 0 saturated carbocycles. The summed E-state index contributed by atoms with van der Waals surface area (Å²) >= 11 is 0. The van der Waals surface area contributed by atoms with Gasteiger partial charge in [-0.1, -0.05) is 18.2 Å². The van der Waals surface area contributed by atoms with Crippen molar-refractivity contribution in [2.75, 3.05) is 28.2 Å². The Kier molecular flexibility index (Phi) is 4.62. The summed E-state index contributed by atoms with van der Waals surface area (Å²) in [4.78, 5) is 40.1. The Morgan fingerprint density at radius 2 is 1.59 bits per heavy atom. The van der Waals surface area contributed by atoms with E-state index >= 15 is 0 Å². The first-order valence-electron chi connectivity index (χ1n) is 9.18. The summed E-state index contributed by atoms with van der Waals surface area (Å²) in [6.45, 7) is 1.12. The first kappa shape index (κ1) is 17.3. The molecule has 2 aromatic rings. The molecule has 0 aliphatic carbocycles. The third-order valence-corrected chi connectivity index (χ3v) is 5.08. The molecule has 3 amide bonds. The molecular weight excluding hydrogens is 342 g/mol. The van der Waals surface area contributed by atoms with Crippen LogP contribution in [-0.4, -0.2) is 30.8 Å². The molecule has 6 nitrogen and oxygen atoms in total. The largest absolute Gasteiger partial charge is 0.326 e. The number of hydrogen-bond donors (Lipinski definition) is 1. The van der Waals surface area contributed by atoms with Crippen LogP contribution in [0.15, 0.2) is 54.6 Å². The normalized spacial score (nSPS) is 19.6. The van der Waals surface area contributed by atoms with Crippen LogP contribution < -0.4 is 15.1 Å². The zero-order chi connectivity index (χ0) is 18.8. The molecule has 1 N–H and O–H groups in total. The molecule has 27 heavy (non-hydrogen) atoms. The van der Waals surface area contributed by atoms with Gasteiger partial charge in [-0.15, -0.1) is 0 Å². The second-order valence-corrected chi connectivity index (χ2v) is 6.93. The molecule has 1 unspecified atom stereocenters. The van der Waals surface area contributed by atoms with Gasteiger partial charge in [0.05, 0.1) is 5.92 Å². The zero-order valence-corrected chi connectivity index (χ0v) is 14.9. The van der Waals surface area contributed by atoms with Crippen LogP contribution >= 0.6 is 0 Å². The van der Waals surface area contributed by atoms with Gasteiger partial charge in [0.1, 0.15) is 0 Å². The van der Waals surface area contributed by atoms with Crippen molar-refractivity contribution in [1.29, 1.82) is 0 Å². The summed E-state index contributed by atoms with van der Waals surface area (Å²) in [6.07, 6.45) is 1.68. The molecule has 0 radical (unpaired) electrons. The lowest BCUT2D eigenvalue weighted by Gasteiger charge is -2.17. The van der Waals surface area contributed by atoms with E-state index in [0.717, 1.165) is 24.3 Å². The molecule has 6 heteroatoms. The SMILES string of the molecule is O=C(Nc1ccc(N2CCCC2=O)cc1)C1CC(=O)N(c2ccccc2)C1. The van der Waals surface area contributed by atoms with Gasteiger partial charge < -0.3 is 15.1 Å². The Morgan fingerprint density at radius 1 is 0.889 bits per heavy atom. The zero-order valence-electron chi connectivity index (χ0n) is 14.9. The van der Waals surface area contributed by atoms with Gasteiger partial charge in [0.25, 0.3) is 0 Å².